The molecule has 0 saturated carbocycles. The Hall–Kier alpha value is -1.95. The van der Waals surface area contributed by atoms with E-state index in [9.17, 15) is 9.59 Å². The zero-order valence-corrected chi connectivity index (χ0v) is 10.5. The van der Waals surface area contributed by atoms with Crippen molar-refractivity contribution in [1.82, 2.24) is 9.88 Å². The minimum Gasteiger partial charge on any atom is -0.464 e. The van der Waals surface area contributed by atoms with Crippen molar-refractivity contribution in [2.45, 2.75) is 19.5 Å². The van der Waals surface area contributed by atoms with E-state index in [-0.39, 0.29) is 6.61 Å². The van der Waals surface area contributed by atoms with Gasteiger partial charge in [0.05, 0.1) is 18.8 Å². The van der Waals surface area contributed by atoms with Crippen molar-refractivity contribution in [2.24, 2.45) is 5.73 Å². The van der Waals surface area contributed by atoms with Gasteiger partial charge in [-0.25, -0.2) is 4.79 Å². The highest BCUT2D eigenvalue weighted by atomic mass is 16.5. The highest BCUT2D eigenvalue weighted by Gasteiger charge is 2.26. The molecule has 1 rings (SSSR count). The molecule has 1 atom stereocenters. The summed E-state index contributed by atoms with van der Waals surface area (Å²) < 4.78 is 4.70. The summed E-state index contributed by atoms with van der Waals surface area (Å²) in [6.07, 6.45) is 1.64. The summed E-state index contributed by atoms with van der Waals surface area (Å²) in [4.78, 5) is 28.6. The molecule has 6 nitrogen and oxygen atoms in total. The van der Waals surface area contributed by atoms with Crippen LogP contribution >= 0.6 is 0 Å². The number of nitrogens with zero attached hydrogens (tertiary/aromatic N) is 2. The summed E-state index contributed by atoms with van der Waals surface area (Å²) in [6, 6.07) is 4.13. The quantitative estimate of drug-likeness (QED) is 0.585. The van der Waals surface area contributed by atoms with Crippen LogP contribution in [0.3, 0.4) is 0 Å². The molecule has 6 heteroatoms. The number of hydrogen-bond donors (Lipinski definition) is 1. The molecule has 0 aliphatic heterocycles. The lowest BCUT2D eigenvalue weighted by molar-refractivity contribution is -0.150. The second kappa shape index (κ2) is 6.70. The number of nitrogens with two attached hydrogens (primary N) is 1. The molecule has 1 heterocycles. The van der Waals surface area contributed by atoms with Crippen molar-refractivity contribution >= 4 is 11.9 Å². The number of likely N-dealkylation sites (N-methyl/N-ethyl adjacent to an activating group) is 1. The topological polar surface area (TPSA) is 85.5 Å². The number of esters is 1. The molecule has 0 saturated heterocycles. The Morgan fingerprint density at radius 2 is 2.22 bits per heavy atom. The zero-order valence-electron chi connectivity index (χ0n) is 10.5. The van der Waals surface area contributed by atoms with Gasteiger partial charge < -0.3 is 15.4 Å². The highest BCUT2D eigenvalue weighted by molar-refractivity contribution is 6.01. The van der Waals surface area contributed by atoms with Gasteiger partial charge in [-0.15, -0.1) is 0 Å². The van der Waals surface area contributed by atoms with Gasteiger partial charge in [0.1, 0.15) is 0 Å². The average Bonchev–Trinajstić information content (AvgIpc) is 2.38. The van der Waals surface area contributed by atoms with Crippen molar-refractivity contribution in [3.63, 3.8) is 0 Å². The van der Waals surface area contributed by atoms with Gasteiger partial charge in [0.15, 0.2) is 6.04 Å². The predicted molar refractivity (Wildman–Crippen MR) is 65.3 cm³/mol. The zero-order chi connectivity index (χ0) is 13.5. The van der Waals surface area contributed by atoms with Crippen LogP contribution in [-0.2, 0) is 20.9 Å². The number of amides is 1. The van der Waals surface area contributed by atoms with Crippen LogP contribution in [0.5, 0.6) is 0 Å². The predicted octanol–water partition coefficient (Wildman–Crippen LogP) is -0.0696. The van der Waals surface area contributed by atoms with Gasteiger partial charge in [-0.2, -0.15) is 0 Å². The fourth-order valence-corrected chi connectivity index (χ4v) is 1.38. The number of carbonyl (C=O) groups excluding carboxylic acids is 2. The number of aromatic nitrogens is 1. The Bertz CT molecular complexity index is 408. The van der Waals surface area contributed by atoms with Gasteiger partial charge in [0.2, 0.25) is 0 Å². The van der Waals surface area contributed by atoms with Crippen LogP contribution < -0.4 is 5.73 Å². The molecule has 2 N–H and O–H groups in total. The van der Waals surface area contributed by atoms with Crippen LogP contribution in [0.1, 0.15) is 12.6 Å². The van der Waals surface area contributed by atoms with Gasteiger partial charge in [0, 0.05) is 13.2 Å². The number of pyridine rings is 1. The van der Waals surface area contributed by atoms with Crippen LogP contribution in [-0.4, -0.2) is 41.5 Å². The Kier molecular flexibility index (Phi) is 5.26. The minimum atomic E-state index is -1.28. The third-order valence-electron chi connectivity index (χ3n) is 2.31. The molecule has 0 aromatic carbocycles. The minimum absolute atomic E-state index is 0.198. The molecule has 0 spiro atoms. The summed E-state index contributed by atoms with van der Waals surface area (Å²) >= 11 is 0. The molecular formula is C12H17N3O3. The fraction of sp³-hybridized carbons (Fsp3) is 0.417. The van der Waals surface area contributed by atoms with E-state index in [4.69, 9.17) is 10.5 Å². The number of carbonyl (C=O) groups is 2. The lowest BCUT2D eigenvalue weighted by Gasteiger charge is -2.19. The normalized spacial score (nSPS) is 11.7. The number of ether oxygens (including phenoxy) is 1. The van der Waals surface area contributed by atoms with Crippen molar-refractivity contribution in [3.8, 4) is 0 Å². The largest absolute Gasteiger partial charge is 0.464 e. The van der Waals surface area contributed by atoms with Crippen LogP contribution in [0.15, 0.2) is 24.4 Å². The third kappa shape index (κ3) is 3.81. The highest BCUT2D eigenvalue weighted by Crippen LogP contribution is 2.01. The van der Waals surface area contributed by atoms with Gasteiger partial charge >= 0.3 is 5.97 Å². The summed E-state index contributed by atoms with van der Waals surface area (Å²) in [5, 5.41) is 0. The Morgan fingerprint density at radius 3 is 2.78 bits per heavy atom. The van der Waals surface area contributed by atoms with Crippen LogP contribution in [0.2, 0.25) is 0 Å². The summed E-state index contributed by atoms with van der Waals surface area (Å²) in [6.45, 7) is 2.16. The maximum atomic E-state index is 11.8. The third-order valence-corrected chi connectivity index (χ3v) is 2.31. The molecule has 1 amide bonds. The van der Waals surface area contributed by atoms with E-state index in [1.807, 2.05) is 6.07 Å². The summed E-state index contributed by atoms with van der Waals surface area (Å²) in [5.74, 6) is -1.20. The Morgan fingerprint density at radius 1 is 1.50 bits per heavy atom. The first-order valence-corrected chi connectivity index (χ1v) is 5.63. The fourth-order valence-electron chi connectivity index (χ4n) is 1.38. The van der Waals surface area contributed by atoms with Crippen molar-refractivity contribution < 1.29 is 14.3 Å². The van der Waals surface area contributed by atoms with Crippen molar-refractivity contribution in [2.75, 3.05) is 13.7 Å². The van der Waals surface area contributed by atoms with E-state index in [2.05, 4.69) is 4.98 Å². The number of rotatable bonds is 5. The van der Waals surface area contributed by atoms with Crippen molar-refractivity contribution in [3.05, 3.63) is 30.1 Å². The Balaban J connectivity index is 2.58. The molecular weight excluding hydrogens is 234 g/mol. The molecule has 0 aliphatic rings. The molecule has 1 unspecified atom stereocenters. The molecule has 98 valence electrons. The molecule has 1 aromatic rings. The molecule has 18 heavy (non-hydrogen) atoms. The molecule has 1 aromatic heterocycles. The van der Waals surface area contributed by atoms with Gasteiger partial charge in [-0.05, 0) is 19.1 Å². The van der Waals surface area contributed by atoms with E-state index in [1.54, 1.807) is 32.3 Å². The van der Waals surface area contributed by atoms with Gasteiger partial charge in [0.25, 0.3) is 5.91 Å². The van der Waals surface area contributed by atoms with E-state index in [0.29, 0.717) is 6.54 Å². The molecule has 0 radical (unpaired) electrons. The molecule has 0 fully saturated rings. The molecule has 0 aliphatic carbocycles. The van der Waals surface area contributed by atoms with Crippen LogP contribution in [0.25, 0.3) is 0 Å². The van der Waals surface area contributed by atoms with Crippen LogP contribution in [0.4, 0.5) is 0 Å². The van der Waals surface area contributed by atoms with E-state index < -0.39 is 17.9 Å². The first-order chi connectivity index (χ1) is 8.56. The van der Waals surface area contributed by atoms with E-state index in [1.165, 1.54) is 4.90 Å². The van der Waals surface area contributed by atoms with Crippen LogP contribution in [0, 0.1) is 0 Å². The smallest absolute Gasteiger partial charge is 0.332 e. The van der Waals surface area contributed by atoms with E-state index >= 15 is 0 Å². The van der Waals surface area contributed by atoms with Crippen molar-refractivity contribution in [1.29, 1.82) is 0 Å². The first kappa shape index (κ1) is 14.1. The lowest BCUT2D eigenvalue weighted by atomic mass is 10.2. The second-order valence-corrected chi connectivity index (χ2v) is 3.75. The standard InChI is InChI=1S/C12H17N3O3/c1-3-18-12(17)10(13)11(16)15(2)8-9-6-4-5-7-14-9/h4-7,10H,3,8,13H2,1-2H3. The lowest BCUT2D eigenvalue weighted by Crippen LogP contribution is -2.47. The first-order valence-electron chi connectivity index (χ1n) is 5.63. The van der Waals surface area contributed by atoms with Gasteiger partial charge in [-0.3, -0.25) is 9.78 Å². The SMILES string of the molecule is CCOC(=O)C(N)C(=O)N(C)Cc1ccccn1. The van der Waals surface area contributed by atoms with E-state index in [0.717, 1.165) is 5.69 Å². The number of hydrogen-bond acceptors (Lipinski definition) is 5. The second-order valence-electron chi connectivity index (χ2n) is 3.75. The van der Waals surface area contributed by atoms with Gasteiger partial charge in [-0.1, -0.05) is 6.07 Å². The Labute approximate surface area is 106 Å². The molecule has 0 bridgehead atoms. The summed E-state index contributed by atoms with van der Waals surface area (Å²) in [5.41, 5.74) is 6.24. The monoisotopic (exact) mass is 251 g/mol. The average molecular weight is 251 g/mol. The summed E-state index contributed by atoms with van der Waals surface area (Å²) in [7, 11) is 1.57. The maximum Gasteiger partial charge on any atom is 0.332 e. The maximum absolute atomic E-state index is 11.8.